The molecule has 0 saturated heterocycles. The van der Waals surface area contributed by atoms with Crippen molar-refractivity contribution in [1.82, 2.24) is 15.4 Å². The zero-order chi connectivity index (χ0) is 17.7. The number of nitrogens with zero attached hydrogens (tertiary/aromatic N) is 2. The Bertz CT molecular complexity index is 816. The summed E-state index contributed by atoms with van der Waals surface area (Å²) in [5, 5.41) is 3.54. The van der Waals surface area contributed by atoms with Gasteiger partial charge in [0.15, 0.2) is 11.7 Å². The fraction of sp³-hybridized carbons (Fsp3) is 0.154. The highest BCUT2D eigenvalue weighted by Gasteiger charge is 2.15. The van der Waals surface area contributed by atoms with Gasteiger partial charge in [0.1, 0.15) is 17.3 Å². The van der Waals surface area contributed by atoms with Gasteiger partial charge in [-0.05, 0) is 19.1 Å². The molecule has 0 saturated carbocycles. The Balaban J connectivity index is 2.62. The van der Waals surface area contributed by atoms with Crippen LogP contribution in [0.25, 0.3) is 11.4 Å². The molecule has 0 aliphatic rings. The summed E-state index contributed by atoms with van der Waals surface area (Å²) in [6.07, 6.45) is 0. The standard InChI is InChI=1S/C13H19N9O2/c1-2-24-8-5-6(10(20-15)21-16)3-4-7(8)11-18-12(22-17)9(14)13(23)19-11/h3-5H,2,14-17H2,1H3,(H,20,21)(H2,18,19,22,23). The number of hydrazone groups is 1. The first-order chi connectivity index (χ1) is 11.5. The molecular weight excluding hydrogens is 314 g/mol. The molecule has 2 rings (SSSR count). The number of nitrogen functional groups attached to an aromatic ring is 2. The number of amidine groups is 1. The lowest BCUT2D eigenvalue weighted by atomic mass is 10.1. The van der Waals surface area contributed by atoms with Crippen molar-refractivity contribution < 1.29 is 4.74 Å². The third kappa shape index (κ3) is 3.21. The second-order valence-electron chi connectivity index (χ2n) is 4.59. The van der Waals surface area contributed by atoms with Crippen molar-refractivity contribution in [3.63, 3.8) is 0 Å². The summed E-state index contributed by atoms with van der Waals surface area (Å²) in [5.41, 5.74) is 10.8. The minimum absolute atomic E-state index is 0.0631. The van der Waals surface area contributed by atoms with Crippen LogP contribution in [0.3, 0.4) is 0 Å². The lowest BCUT2D eigenvalue weighted by Crippen LogP contribution is -2.32. The van der Waals surface area contributed by atoms with Crippen LogP contribution < -0.4 is 44.4 Å². The maximum atomic E-state index is 11.9. The minimum atomic E-state index is -0.521. The van der Waals surface area contributed by atoms with Crippen molar-refractivity contribution in [2.45, 2.75) is 6.92 Å². The number of aromatic nitrogens is 2. The highest BCUT2D eigenvalue weighted by atomic mass is 16.5. The van der Waals surface area contributed by atoms with Gasteiger partial charge < -0.3 is 32.1 Å². The second kappa shape index (κ2) is 7.30. The van der Waals surface area contributed by atoms with Crippen LogP contribution in [0.1, 0.15) is 12.5 Å². The fourth-order valence-corrected chi connectivity index (χ4v) is 2.06. The van der Waals surface area contributed by atoms with E-state index in [1.807, 2.05) is 6.92 Å². The van der Waals surface area contributed by atoms with E-state index < -0.39 is 5.56 Å². The Morgan fingerprint density at radius 1 is 1.42 bits per heavy atom. The van der Waals surface area contributed by atoms with Gasteiger partial charge in [-0.25, -0.2) is 16.7 Å². The largest absolute Gasteiger partial charge is 0.493 e. The quantitative estimate of drug-likeness (QED) is 0.152. The molecule has 0 atom stereocenters. The molecule has 0 amide bonds. The number of anilines is 2. The van der Waals surface area contributed by atoms with Gasteiger partial charge in [-0.2, -0.15) is 5.10 Å². The van der Waals surface area contributed by atoms with Crippen molar-refractivity contribution in [2.75, 3.05) is 17.8 Å². The summed E-state index contributed by atoms with van der Waals surface area (Å²) in [5.74, 6) is 17.0. The normalized spacial score (nSPS) is 11.2. The Morgan fingerprint density at radius 2 is 2.17 bits per heavy atom. The van der Waals surface area contributed by atoms with Crippen LogP contribution in [-0.2, 0) is 0 Å². The molecule has 0 aliphatic heterocycles. The van der Waals surface area contributed by atoms with Crippen LogP contribution >= 0.6 is 0 Å². The number of rotatable bonds is 5. The Labute approximate surface area is 137 Å². The first kappa shape index (κ1) is 17.1. The molecule has 11 heteroatoms. The number of hydrazine groups is 2. The molecule has 128 valence electrons. The molecular formula is C13H19N9O2. The third-order valence-corrected chi connectivity index (χ3v) is 3.17. The van der Waals surface area contributed by atoms with Gasteiger partial charge in [0.2, 0.25) is 0 Å². The van der Waals surface area contributed by atoms with Gasteiger partial charge in [0.25, 0.3) is 5.56 Å². The highest BCUT2D eigenvalue weighted by Crippen LogP contribution is 2.29. The van der Waals surface area contributed by atoms with Gasteiger partial charge in [-0.15, -0.1) is 0 Å². The predicted octanol–water partition coefficient (Wildman–Crippen LogP) is -1.21. The lowest BCUT2D eigenvalue weighted by Gasteiger charge is -2.13. The van der Waals surface area contributed by atoms with E-state index in [1.54, 1.807) is 18.2 Å². The van der Waals surface area contributed by atoms with E-state index in [2.05, 4.69) is 25.9 Å². The molecule has 0 bridgehead atoms. The molecule has 0 unspecified atom stereocenters. The number of benzene rings is 1. The smallest absolute Gasteiger partial charge is 0.276 e. The topological polar surface area (TPSA) is 195 Å². The number of nitrogens with one attached hydrogen (secondary N) is 3. The second-order valence-corrected chi connectivity index (χ2v) is 4.59. The summed E-state index contributed by atoms with van der Waals surface area (Å²) in [6.45, 7) is 2.21. The van der Waals surface area contributed by atoms with Crippen LogP contribution in [0.15, 0.2) is 28.1 Å². The molecule has 2 aromatic rings. The molecule has 0 aliphatic carbocycles. The van der Waals surface area contributed by atoms with Crippen molar-refractivity contribution >= 4 is 17.3 Å². The number of ether oxygens (including phenoxy) is 1. The van der Waals surface area contributed by atoms with E-state index in [0.29, 0.717) is 23.5 Å². The zero-order valence-corrected chi connectivity index (χ0v) is 13.0. The predicted molar refractivity (Wildman–Crippen MR) is 91.7 cm³/mol. The first-order valence-electron chi connectivity index (χ1n) is 6.94. The SMILES string of the molecule is CCOc1cc(/C(=N/N)NN)ccc1-c1nc(NN)c(N)c(=O)[nH]1. The zero-order valence-electron chi connectivity index (χ0n) is 13.0. The fourth-order valence-electron chi connectivity index (χ4n) is 2.06. The van der Waals surface area contributed by atoms with E-state index in [4.69, 9.17) is 28.0 Å². The maximum absolute atomic E-state index is 11.9. The maximum Gasteiger partial charge on any atom is 0.276 e. The summed E-state index contributed by atoms with van der Waals surface area (Å²) in [4.78, 5) is 18.7. The Hall–Kier alpha value is -3.31. The van der Waals surface area contributed by atoms with Crippen molar-refractivity contribution in [3.8, 4) is 17.1 Å². The molecule has 11 nitrogen and oxygen atoms in total. The van der Waals surface area contributed by atoms with E-state index in [9.17, 15) is 4.79 Å². The molecule has 0 radical (unpaired) electrons. The lowest BCUT2D eigenvalue weighted by molar-refractivity contribution is 0.341. The first-order valence-corrected chi connectivity index (χ1v) is 6.94. The van der Waals surface area contributed by atoms with Crippen LogP contribution in [0.4, 0.5) is 11.5 Å². The van der Waals surface area contributed by atoms with Crippen LogP contribution in [-0.4, -0.2) is 22.4 Å². The van der Waals surface area contributed by atoms with Crippen molar-refractivity contribution in [1.29, 1.82) is 0 Å². The van der Waals surface area contributed by atoms with E-state index >= 15 is 0 Å². The van der Waals surface area contributed by atoms with E-state index in [-0.39, 0.29) is 23.2 Å². The van der Waals surface area contributed by atoms with Gasteiger partial charge >= 0.3 is 0 Å². The monoisotopic (exact) mass is 333 g/mol. The molecule has 1 aromatic heterocycles. The summed E-state index contributed by atoms with van der Waals surface area (Å²) >= 11 is 0. The third-order valence-electron chi connectivity index (χ3n) is 3.17. The van der Waals surface area contributed by atoms with Gasteiger partial charge in [-0.3, -0.25) is 4.79 Å². The van der Waals surface area contributed by atoms with E-state index in [1.165, 1.54) is 0 Å². The van der Waals surface area contributed by atoms with E-state index in [0.717, 1.165) is 0 Å². The molecule has 0 fully saturated rings. The molecule has 11 N–H and O–H groups in total. The van der Waals surface area contributed by atoms with Crippen molar-refractivity contribution in [3.05, 3.63) is 34.1 Å². The van der Waals surface area contributed by atoms with Crippen LogP contribution in [0.2, 0.25) is 0 Å². The molecule has 24 heavy (non-hydrogen) atoms. The summed E-state index contributed by atoms with van der Waals surface area (Å²) < 4.78 is 5.61. The van der Waals surface area contributed by atoms with Gasteiger partial charge in [0.05, 0.1) is 12.2 Å². The minimum Gasteiger partial charge on any atom is -0.493 e. The Morgan fingerprint density at radius 3 is 2.75 bits per heavy atom. The molecule has 0 spiro atoms. The number of aromatic amines is 1. The van der Waals surface area contributed by atoms with Gasteiger partial charge in [-0.1, -0.05) is 6.07 Å². The number of nitrogens with two attached hydrogens (primary N) is 4. The van der Waals surface area contributed by atoms with Crippen molar-refractivity contribution in [2.24, 2.45) is 22.6 Å². The average molecular weight is 333 g/mol. The van der Waals surface area contributed by atoms with Crippen LogP contribution in [0, 0.1) is 0 Å². The molecule has 1 heterocycles. The van der Waals surface area contributed by atoms with Crippen LogP contribution in [0.5, 0.6) is 5.75 Å². The van der Waals surface area contributed by atoms with Gasteiger partial charge in [0, 0.05) is 5.56 Å². The number of hydrogen-bond acceptors (Lipinski definition) is 9. The average Bonchev–Trinajstić information content (AvgIpc) is 2.59. The number of hydrogen-bond donors (Lipinski definition) is 7. The Kier molecular flexibility index (Phi) is 5.19. The summed E-state index contributed by atoms with van der Waals surface area (Å²) in [7, 11) is 0. The number of H-pyrrole nitrogens is 1. The highest BCUT2D eigenvalue weighted by molar-refractivity contribution is 5.99. The molecule has 1 aromatic carbocycles. The summed E-state index contributed by atoms with van der Waals surface area (Å²) in [6, 6.07) is 5.03.